The number of hydrogen-bond donors (Lipinski definition) is 1. The number of nitrogens with zero attached hydrogens (tertiary/aromatic N) is 1. The molecule has 1 N–H and O–H groups in total. The number of unbranched alkanes of at least 4 members (excludes halogenated alkanes) is 15. The summed E-state index contributed by atoms with van der Waals surface area (Å²) in [6.45, 7) is 4.45. The molecule has 0 radical (unpaired) electrons. The molecule has 0 saturated carbocycles. The lowest BCUT2D eigenvalue weighted by Gasteiger charge is -2.31. The van der Waals surface area contributed by atoms with Gasteiger partial charge in [0.15, 0.2) is 12.1 Å². The van der Waals surface area contributed by atoms with Crippen LogP contribution in [0.25, 0.3) is 0 Å². The summed E-state index contributed by atoms with van der Waals surface area (Å²) in [7, 11) is 5.51. The van der Waals surface area contributed by atoms with Crippen LogP contribution >= 0.6 is 0 Å². The second-order valence-electron chi connectivity index (χ2n) is 17.0. The molecule has 0 saturated heterocycles. The molecule has 0 amide bonds. The first kappa shape index (κ1) is 58.2. The topological polar surface area (TPSA) is 99.1 Å². The van der Waals surface area contributed by atoms with Crippen molar-refractivity contribution in [1.29, 1.82) is 0 Å². The van der Waals surface area contributed by atoms with Crippen molar-refractivity contribution in [2.45, 2.75) is 187 Å². The van der Waals surface area contributed by atoms with Gasteiger partial charge in [-0.1, -0.05) is 182 Å². The molecule has 0 fully saturated rings. The van der Waals surface area contributed by atoms with Gasteiger partial charge in [0.25, 0.3) is 0 Å². The summed E-state index contributed by atoms with van der Waals surface area (Å²) in [5.41, 5.74) is 0. The molecule has 0 aromatic rings. The molecule has 2 unspecified atom stereocenters. The molecule has 8 heteroatoms. The van der Waals surface area contributed by atoms with Crippen LogP contribution in [0.3, 0.4) is 0 Å². The number of quaternary nitrogens is 1. The van der Waals surface area contributed by atoms with E-state index in [1.165, 1.54) is 51.4 Å². The summed E-state index contributed by atoms with van der Waals surface area (Å²) in [6.07, 6.45) is 58.8. The standard InChI is InChI=1S/C54H89NO7/c1-6-8-10-12-14-16-18-20-22-23-24-25-26-27-28-29-31-32-34-36-38-40-42-44-52(56)61-49-50(48-60-47-46-51(54(58)59)55(3,4)5)62-53(57)45-43-41-39-37-35-33-30-21-19-17-15-13-11-9-7-2/h8-11,13-17,19-22,24-25,30,50-51H,6-7,12,18,23,26-29,31-49H2,1-5H3/p+1/b10-8+,11-9+,15-13+,16-14+,19-17+,22-20+,25-24+,30-21+. The van der Waals surface area contributed by atoms with Crippen molar-refractivity contribution in [2.75, 3.05) is 41.0 Å². The Kier molecular flexibility index (Phi) is 41.2. The van der Waals surface area contributed by atoms with Gasteiger partial charge in [0.2, 0.25) is 0 Å². The first-order chi connectivity index (χ1) is 30.1. The minimum Gasteiger partial charge on any atom is -0.477 e. The zero-order valence-corrected chi connectivity index (χ0v) is 40.0. The first-order valence-corrected chi connectivity index (χ1v) is 24.3. The lowest BCUT2D eigenvalue weighted by Crippen LogP contribution is -2.50. The molecular weight excluding hydrogens is 775 g/mol. The molecule has 0 heterocycles. The summed E-state index contributed by atoms with van der Waals surface area (Å²) in [5, 5.41) is 9.64. The number of esters is 2. The van der Waals surface area contributed by atoms with Crippen LogP contribution in [0, 0.1) is 0 Å². The maximum absolute atomic E-state index is 12.7. The number of carboxylic acid groups (broad SMARTS) is 1. The quantitative estimate of drug-likeness (QED) is 0.0214. The first-order valence-electron chi connectivity index (χ1n) is 24.3. The molecule has 0 aliphatic rings. The van der Waals surface area contributed by atoms with Crippen LogP contribution in [0.1, 0.15) is 174 Å². The van der Waals surface area contributed by atoms with Gasteiger partial charge in [0.1, 0.15) is 6.61 Å². The maximum atomic E-state index is 12.7. The number of hydrogen-bond acceptors (Lipinski definition) is 6. The molecule has 2 atom stereocenters. The number of rotatable bonds is 42. The number of allylic oxidation sites excluding steroid dienone is 16. The zero-order valence-electron chi connectivity index (χ0n) is 40.0. The number of ether oxygens (including phenoxy) is 3. The van der Waals surface area contributed by atoms with Crippen LogP contribution < -0.4 is 0 Å². The summed E-state index contributed by atoms with van der Waals surface area (Å²) in [5.74, 6) is -1.51. The van der Waals surface area contributed by atoms with E-state index in [9.17, 15) is 19.5 Å². The van der Waals surface area contributed by atoms with Crippen molar-refractivity contribution < 1.29 is 38.2 Å². The molecule has 0 aromatic heterocycles. The fraction of sp³-hybridized carbons (Fsp3) is 0.648. The highest BCUT2D eigenvalue weighted by molar-refractivity contribution is 5.72. The smallest absolute Gasteiger partial charge is 0.362 e. The van der Waals surface area contributed by atoms with Gasteiger partial charge in [-0.05, 0) is 70.6 Å². The van der Waals surface area contributed by atoms with Gasteiger partial charge in [-0.25, -0.2) is 4.79 Å². The molecule has 0 aliphatic heterocycles. The zero-order chi connectivity index (χ0) is 45.6. The van der Waals surface area contributed by atoms with Crippen molar-refractivity contribution in [1.82, 2.24) is 0 Å². The van der Waals surface area contributed by atoms with E-state index in [1.807, 2.05) is 45.4 Å². The average molecular weight is 865 g/mol. The molecule has 62 heavy (non-hydrogen) atoms. The van der Waals surface area contributed by atoms with Crippen LogP contribution in [0.5, 0.6) is 0 Å². The van der Waals surface area contributed by atoms with Crippen molar-refractivity contribution in [3.05, 3.63) is 97.2 Å². The van der Waals surface area contributed by atoms with Crippen molar-refractivity contribution in [2.24, 2.45) is 0 Å². The number of carboxylic acids is 1. The van der Waals surface area contributed by atoms with E-state index in [-0.39, 0.29) is 36.2 Å². The molecule has 0 spiro atoms. The predicted molar refractivity (Wildman–Crippen MR) is 261 cm³/mol. The van der Waals surface area contributed by atoms with Gasteiger partial charge in [-0.2, -0.15) is 0 Å². The van der Waals surface area contributed by atoms with Gasteiger partial charge in [0, 0.05) is 19.3 Å². The fourth-order valence-corrected chi connectivity index (χ4v) is 6.62. The van der Waals surface area contributed by atoms with E-state index in [2.05, 4.69) is 86.8 Å². The van der Waals surface area contributed by atoms with Gasteiger partial charge in [-0.3, -0.25) is 9.59 Å². The minimum atomic E-state index is -0.884. The Balaban J connectivity index is 4.29. The lowest BCUT2D eigenvalue weighted by atomic mass is 10.1. The van der Waals surface area contributed by atoms with Crippen molar-refractivity contribution in [3.63, 3.8) is 0 Å². The van der Waals surface area contributed by atoms with Crippen LogP contribution in [-0.2, 0) is 28.6 Å². The second-order valence-corrected chi connectivity index (χ2v) is 17.0. The number of carbonyl (C=O) groups excluding carboxylic acids is 2. The van der Waals surface area contributed by atoms with Crippen LogP contribution in [0.15, 0.2) is 97.2 Å². The number of aliphatic carboxylic acids is 1. The van der Waals surface area contributed by atoms with Crippen molar-refractivity contribution >= 4 is 17.9 Å². The minimum absolute atomic E-state index is 0.0443. The third-order valence-electron chi connectivity index (χ3n) is 10.3. The van der Waals surface area contributed by atoms with E-state index in [0.717, 1.165) is 89.9 Å². The Bertz CT molecular complexity index is 1330. The Morgan fingerprint density at radius 3 is 1.45 bits per heavy atom. The van der Waals surface area contributed by atoms with Gasteiger partial charge in [0.05, 0.1) is 34.4 Å². The molecule has 352 valence electrons. The largest absolute Gasteiger partial charge is 0.477 e. The van der Waals surface area contributed by atoms with E-state index >= 15 is 0 Å². The summed E-state index contributed by atoms with van der Waals surface area (Å²) in [6, 6.07) is -0.625. The van der Waals surface area contributed by atoms with Crippen LogP contribution in [-0.4, -0.2) is 80.6 Å². The third kappa shape index (κ3) is 41.6. The highest BCUT2D eigenvalue weighted by Gasteiger charge is 2.31. The predicted octanol–water partition coefficient (Wildman–Crippen LogP) is 13.9. The fourth-order valence-electron chi connectivity index (χ4n) is 6.62. The van der Waals surface area contributed by atoms with Crippen LogP contribution in [0.2, 0.25) is 0 Å². The number of carbonyl (C=O) groups is 3. The lowest BCUT2D eigenvalue weighted by molar-refractivity contribution is -0.887. The van der Waals surface area contributed by atoms with Crippen molar-refractivity contribution in [3.8, 4) is 0 Å². The monoisotopic (exact) mass is 865 g/mol. The van der Waals surface area contributed by atoms with Gasteiger partial charge in [-0.15, -0.1) is 0 Å². The average Bonchev–Trinajstić information content (AvgIpc) is 3.23. The Labute approximate surface area is 379 Å². The summed E-state index contributed by atoms with van der Waals surface area (Å²) in [4.78, 5) is 37.1. The summed E-state index contributed by atoms with van der Waals surface area (Å²) >= 11 is 0. The summed E-state index contributed by atoms with van der Waals surface area (Å²) < 4.78 is 17.3. The SMILES string of the molecule is CC/C=C/C=C/C=C/C=C/CCCCCCCC(=O)OC(COCCC(C(=O)O)[N+](C)(C)C)COC(=O)CCCCCCCCCCCC/C=C/C/C=C/C/C=C/C/C=C/CC. The van der Waals surface area contributed by atoms with E-state index in [1.54, 1.807) is 0 Å². The Morgan fingerprint density at radius 2 is 0.935 bits per heavy atom. The van der Waals surface area contributed by atoms with Crippen LogP contribution in [0.4, 0.5) is 0 Å². The molecule has 0 aliphatic carbocycles. The Morgan fingerprint density at radius 1 is 0.500 bits per heavy atom. The number of likely N-dealkylation sites (N-methyl/N-ethyl adjacent to an activating group) is 1. The second kappa shape index (κ2) is 43.9. The molecule has 0 aromatic carbocycles. The maximum Gasteiger partial charge on any atom is 0.362 e. The normalized spacial score (nSPS) is 13.8. The van der Waals surface area contributed by atoms with E-state index < -0.39 is 18.1 Å². The molecule has 0 rings (SSSR count). The highest BCUT2D eigenvalue weighted by Crippen LogP contribution is 2.14. The third-order valence-corrected chi connectivity index (χ3v) is 10.3. The molecular formula is C54H90NO7+. The van der Waals surface area contributed by atoms with E-state index in [0.29, 0.717) is 19.3 Å². The Hall–Kier alpha value is -3.75. The van der Waals surface area contributed by atoms with Gasteiger partial charge >= 0.3 is 17.9 Å². The molecule has 0 bridgehead atoms. The molecule has 8 nitrogen and oxygen atoms in total. The highest BCUT2D eigenvalue weighted by atomic mass is 16.6. The van der Waals surface area contributed by atoms with Gasteiger partial charge < -0.3 is 23.8 Å². The van der Waals surface area contributed by atoms with E-state index in [4.69, 9.17) is 14.2 Å².